The SMILES string of the molecule is Cc1ccc(N2CCN(C(=O)C3CC3(C)C)CC2)cc1. The van der Waals surface area contributed by atoms with Crippen molar-refractivity contribution in [3.63, 3.8) is 0 Å². The molecule has 108 valence electrons. The van der Waals surface area contributed by atoms with Crippen molar-refractivity contribution in [2.75, 3.05) is 31.1 Å². The van der Waals surface area contributed by atoms with E-state index in [0.717, 1.165) is 32.6 Å². The highest BCUT2D eigenvalue weighted by Crippen LogP contribution is 2.52. The van der Waals surface area contributed by atoms with Crippen LogP contribution in [0.25, 0.3) is 0 Å². The fraction of sp³-hybridized carbons (Fsp3) is 0.588. The normalized spacial score (nSPS) is 24.6. The van der Waals surface area contributed by atoms with Crippen molar-refractivity contribution in [2.45, 2.75) is 27.2 Å². The molecular formula is C17H24N2O. The fourth-order valence-electron chi connectivity index (χ4n) is 3.05. The zero-order chi connectivity index (χ0) is 14.3. The summed E-state index contributed by atoms with van der Waals surface area (Å²) in [6.07, 6.45) is 1.06. The number of benzene rings is 1. The van der Waals surface area contributed by atoms with E-state index in [4.69, 9.17) is 0 Å². The molecule has 0 N–H and O–H groups in total. The molecule has 3 heteroatoms. The summed E-state index contributed by atoms with van der Waals surface area (Å²) < 4.78 is 0. The molecule has 1 unspecified atom stereocenters. The Morgan fingerprint density at radius 1 is 1.10 bits per heavy atom. The summed E-state index contributed by atoms with van der Waals surface area (Å²) in [7, 11) is 0. The standard InChI is InChI=1S/C17H24N2O/c1-13-4-6-14(7-5-13)18-8-10-19(11-9-18)16(20)15-12-17(15,2)3/h4-7,15H,8-12H2,1-3H3. The lowest BCUT2D eigenvalue weighted by Crippen LogP contribution is -2.49. The van der Waals surface area contributed by atoms with Gasteiger partial charge in [0.05, 0.1) is 0 Å². The van der Waals surface area contributed by atoms with E-state index in [1.165, 1.54) is 11.3 Å². The number of anilines is 1. The average molecular weight is 272 g/mol. The predicted molar refractivity (Wildman–Crippen MR) is 81.9 cm³/mol. The van der Waals surface area contributed by atoms with Gasteiger partial charge in [-0.25, -0.2) is 0 Å². The van der Waals surface area contributed by atoms with E-state index in [1.54, 1.807) is 0 Å². The second-order valence-electron chi connectivity index (χ2n) is 6.89. The molecule has 1 saturated heterocycles. The Labute approximate surface area is 121 Å². The maximum Gasteiger partial charge on any atom is 0.226 e. The van der Waals surface area contributed by atoms with Crippen LogP contribution in [0.15, 0.2) is 24.3 Å². The lowest BCUT2D eigenvalue weighted by Gasteiger charge is -2.36. The van der Waals surface area contributed by atoms with Crippen molar-refractivity contribution in [2.24, 2.45) is 11.3 Å². The first-order valence-corrected chi connectivity index (χ1v) is 7.58. The molecule has 0 bridgehead atoms. The average Bonchev–Trinajstić information content (AvgIpc) is 3.08. The lowest BCUT2D eigenvalue weighted by molar-refractivity contribution is -0.133. The Balaban J connectivity index is 1.57. The van der Waals surface area contributed by atoms with E-state index >= 15 is 0 Å². The van der Waals surface area contributed by atoms with Gasteiger partial charge in [0, 0.05) is 37.8 Å². The smallest absolute Gasteiger partial charge is 0.226 e. The van der Waals surface area contributed by atoms with E-state index in [-0.39, 0.29) is 11.3 Å². The third kappa shape index (κ3) is 2.54. The summed E-state index contributed by atoms with van der Waals surface area (Å²) in [6, 6.07) is 8.66. The van der Waals surface area contributed by atoms with Crippen molar-refractivity contribution >= 4 is 11.6 Å². The van der Waals surface area contributed by atoms with Gasteiger partial charge in [0.1, 0.15) is 0 Å². The molecular weight excluding hydrogens is 248 g/mol. The Bertz CT molecular complexity index is 498. The summed E-state index contributed by atoms with van der Waals surface area (Å²) in [6.45, 7) is 10.1. The Kier molecular flexibility index (Phi) is 3.23. The molecule has 1 saturated carbocycles. The minimum absolute atomic E-state index is 0.241. The zero-order valence-electron chi connectivity index (χ0n) is 12.7. The van der Waals surface area contributed by atoms with Crippen molar-refractivity contribution in [1.29, 1.82) is 0 Å². The number of hydrogen-bond donors (Lipinski definition) is 0. The number of carbonyl (C=O) groups is 1. The highest BCUT2D eigenvalue weighted by Gasteiger charge is 2.52. The van der Waals surface area contributed by atoms with Gasteiger partial charge in [-0.05, 0) is 30.9 Å². The zero-order valence-corrected chi connectivity index (χ0v) is 12.7. The van der Waals surface area contributed by atoms with Crippen LogP contribution < -0.4 is 4.90 Å². The number of aryl methyl sites for hydroxylation is 1. The molecule has 20 heavy (non-hydrogen) atoms. The number of carbonyl (C=O) groups excluding carboxylic acids is 1. The minimum atomic E-state index is 0.241. The number of piperazine rings is 1. The van der Waals surface area contributed by atoms with Gasteiger partial charge in [0.2, 0.25) is 5.91 Å². The van der Waals surface area contributed by atoms with E-state index in [1.807, 2.05) is 0 Å². The summed E-state index contributed by atoms with van der Waals surface area (Å²) in [5, 5.41) is 0. The molecule has 0 radical (unpaired) electrons. The maximum atomic E-state index is 12.4. The third-order valence-corrected chi connectivity index (χ3v) is 4.80. The molecule has 1 aliphatic heterocycles. The fourth-order valence-corrected chi connectivity index (χ4v) is 3.05. The molecule has 3 rings (SSSR count). The molecule has 1 aliphatic carbocycles. The van der Waals surface area contributed by atoms with Gasteiger partial charge in [0.15, 0.2) is 0 Å². The number of rotatable bonds is 2. The second-order valence-corrected chi connectivity index (χ2v) is 6.89. The van der Waals surface area contributed by atoms with E-state index in [0.29, 0.717) is 5.91 Å². The summed E-state index contributed by atoms with van der Waals surface area (Å²) in [4.78, 5) is 16.8. The Morgan fingerprint density at radius 2 is 1.65 bits per heavy atom. The predicted octanol–water partition coefficient (Wildman–Crippen LogP) is 2.69. The molecule has 2 aliphatic rings. The molecule has 0 spiro atoms. The van der Waals surface area contributed by atoms with Crippen LogP contribution in [-0.4, -0.2) is 37.0 Å². The summed E-state index contributed by atoms with van der Waals surface area (Å²) in [5.74, 6) is 0.645. The molecule has 1 atom stereocenters. The molecule has 1 aromatic rings. The second kappa shape index (κ2) is 4.80. The number of nitrogens with zero attached hydrogens (tertiary/aromatic N) is 2. The van der Waals surface area contributed by atoms with E-state index < -0.39 is 0 Å². The minimum Gasteiger partial charge on any atom is -0.368 e. The van der Waals surface area contributed by atoms with Crippen LogP contribution in [0.5, 0.6) is 0 Å². The van der Waals surface area contributed by atoms with Gasteiger partial charge in [-0.1, -0.05) is 31.5 Å². The van der Waals surface area contributed by atoms with Gasteiger partial charge in [-0.3, -0.25) is 4.79 Å². The first-order valence-electron chi connectivity index (χ1n) is 7.58. The number of hydrogen-bond acceptors (Lipinski definition) is 2. The topological polar surface area (TPSA) is 23.6 Å². The van der Waals surface area contributed by atoms with Crippen LogP contribution in [0, 0.1) is 18.3 Å². The van der Waals surface area contributed by atoms with Gasteiger partial charge in [0.25, 0.3) is 0 Å². The van der Waals surface area contributed by atoms with E-state index in [9.17, 15) is 4.79 Å². The van der Waals surface area contributed by atoms with Crippen molar-refractivity contribution in [3.05, 3.63) is 29.8 Å². The van der Waals surface area contributed by atoms with Gasteiger partial charge in [-0.15, -0.1) is 0 Å². The Morgan fingerprint density at radius 3 is 2.15 bits per heavy atom. The maximum absolute atomic E-state index is 12.4. The molecule has 1 aromatic carbocycles. The first-order chi connectivity index (χ1) is 9.47. The lowest BCUT2D eigenvalue weighted by atomic mass is 10.1. The molecule has 1 heterocycles. The van der Waals surface area contributed by atoms with Gasteiger partial charge < -0.3 is 9.80 Å². The van der Waals surface area contributed by atoms with Gasteiger partial charge >= 0.3 is 0 Å². The monoisotopic (exact) mass is 272 g/mol. The third-order valence-electron chi connectivity index (χ3n) is 4.80. The van der Waals surface area contributed by atoms with Crippen LogP contribution in [-0.2, 0) is 4.79 Å². The first kappa shape index (κ1) is 13.5. The highest BCUT2D eigenvalue weighted by molar-refractivity contribution is 5.82. The van der Waals surface area contributed by atoms with Crippen LogP contribution in [0.4, 0.5) is 5.69 Å². The number of amides is 1. The Hall–Kier alpha value is -1.51. The summed E-state index contributed by atoms with van der Waals surface area (Å²) >= 11 is 0. The largest absolute Gasteiger partial charge is 0.368 e. The van der Waals surface area contributed by atoms with Crippen LogP contribution in [0.1, 0.15) is 25.8 Å². The van der Waals surface area contributed by atoms with Crippen molar-refractivity contribution in [1.82, 2.24) is 4.90 Å². The quantitative estimate of drug-likeness (QED) is 0.826. The van der Waals surface area contributed by atoms with Crippen LogP contribution >= 0.6 is 0 Å². The summed E-state index contributed by atoms with van der Waals surface area (Å²) in [5.41, 5.74) is 2.80. The van der Waals surface area contributed by atoms with E-state index in [2.05, 4.69) is 54.8 Å². The molecule has 1 amide bonds. The van der Waals surface area contributed by atoms with Crippen molar-refractivity contribution < 1.29 is 4.79 Å². The van der Waals surface area contributed by atoms with Gasteiger partial charge in [-0.2, -0.15) is 0 Å². The van der Waals surface area contributed by atoms with Crippen LogP contribution in [0.3, 0.4) is 0 Å². The van der Waals surface area contributed by atoms with Crippen LogP contribution in [0.2, 0.25) is 0 Å². The highest BCUT2D eigenvalue weighted by atomic mass is 16.2. The van der Waals surface area contributed by atoms with Crippen molar-refractivity contribution in [3.8, 4) is 0 Å². The molecule has 0 aromatic heterocycles. The molecule has 2 fully saturated rings. The molecule has 3 nitrogen and oxygen atoms in total.